The molecule has 0 fully saturated rings. The average molecular weight is 254 g/mol. The van der Waals surface area contributed by atoms with Gasteiger partial charge >= 0.3 is 6.36 Å². The lowest BCUT2D eigenvalue weighted by atomic mass is 10.2. The third-order valence-corrected chi connectivity index (χ3v) is 2.13. The van der Waals surface area contributed by atoms with Crippen LogP contribution in [0.15, 0.2) is 36.7 Å². The van der Waals surface area contributed by atoms with Crippen LogP contribution in [0.4, 0.5) is 13.2 Å². The van der Waals surface area contributed by atoms with E-state index >= 15 is 0 Å². The molecule has 94 valence electrons. The SMILES string of the molecule is Cc1cnc(-c2ccc(OC(F)(F)F)cc2)nc1. The van der Waals surface area contributed by atoms with E-state index in [0.29, 0.717) is 11.4 Å². The van der Waals surface area contributed by atoms with Crippen molar-refractivity contribution in [2.24, 2.45) is 0 Å². The lowest BCUT2D eigenvalue weighted by Crippen LogP contribution is -2.16. The molecule has 0 saturated heterocycles. The maximum Gasteiger partial charge on any atom is 0.573 e. The Kier molecular flexibility index (Phi) is 3.18. The van der Waals surface area contributed by atoms with Crippen LogP contribution in [0.2, 0.25) is 0 Å². The molecule has 0 amide bonds. The van der Waals surface area contributed by atoms with Gasteiger partial charge in [-0.25, -0.2) is 9.97 Å². The number of ether oxygens (including phenoxy) is 1. The first kappa shape index (κ1) is 12.3. The number of hydrogen-bond acceptors (Lipinski definition) is 3. The molecule has 2 rings (SSSR count). The van der Waals surface area contributed by atoms with Gasteiger partial charge in [-0.2, -0.15) is 0 Å². The van der Waals surface area contributed by atoms with Gasteiger partial charge in [0.25, 0.3) is 0 Å². The molecule has 3 nitrogen and oxygen atoms in total. The molecule has 0 aliphatic carbocycles. The fourth-order valence-corrected chi connectivity index (χ4v) is 1.35. The van der Waals surface area contributed by atoms with E-state index in [-0.39, 0.29) is 5.75 Å². The molecule has 0 bridgehead atoms. The van der Waals surface area contributed by atoms with Crippen molar-refractivity contribution in [3.05, 3.63) is 42.2 Å². The van der Waals surface area contributed by atoms with Gasteiger partial charge in [0, 0.05) is 18.0 Å². The number of rotatable bonds is 2. The van der Waals surface area contributed by atoms with Gasteiger partial charge in [-0.15, -0.1) is 13.2 Å². The number of aryl methyl sites for hydroxylation is 1. The number of aromatic nitrogens is 2. The lowest BCUT2D eigenvalue weighted by Gasteiger charge is -2.08. The summed E-state index contributed by atoms with van der Waals surface area (Å²) in [6.07, 6.45) is -1.40. The highest BCUT2D eigenvalue weighted by Crippen LogP contribution is 2.24. The van der Waals surface area contributed by atoms with Crippen LogP contribution >= 0.6 is 0 Å². The highest BCUT2D eigenvalue weighted by atomic mass is 19.4. The average Bonchev–Trinajstić information content (AvgIpc) is 2.29. The van der Waals surface area contributed by atoms with E-state index in [1.807, 2.05) is 6.92 Å². The first-order valence-electron chi connectivity index (χ1n) is 5.09. The zero-order valence-corrected chi connectivity index (χ0v) is 9.40. The van der Waals surface area contributed by atoms with Crippen molar-refractivity contribution >= 4 is 0 Å². The van der Waals surface area contributed by atoms with Crippen LogP contribution in [0.25, 0.3) is 11.4 Å². The minimum Gasteiger partial charge on any atom is -0.406 e. The van der Waals surface area contributed by atoms with Crippen molar-refractivity contribution in [2.45, 2.75) is 13.3 Å². The normalized spacial score (nSPS) is 11.3. The van der Waals surface area contributed by atoms with Crippen molar-refractivity contribution in [1.82, 2.24) is 9.97 Å². The fourth-order valence-electron chi connectivity index (χ4n) is 1.35. The second-order valence-electron chi connectivity index (χ2n) is 3.66. The van der Waals surface area contributed by atoms with Gasteiger partial charge in [0.2, 0.25) is 0 Å². The molecule has 0 radical (unpaired) electrons. The molecule has 0 spiro atoms. The van der Waals surface area contributed by atoms with E-state index in [0.717, 1.165) is 5.56 Å². The van der Waals surface area contributed by atoms with Crippen molar-refractivity contribution in [3.63, 3.8) is 0 Å². The predicted molar refractivity (Wildman–Crippen MR) is 58.9 cm³/mol. The van der Waals surface area contributed by atoms with Gasteiger partial charge in [0.1, 0.15) is 5.75 Å². The molecule has 0 aliphatic heterocycles. The monoisotopic (exact) mass is 254 g/mol. The Morgan fingerprint density at radius 1 is 1.00 bits per heavy atom. The van der Waals surface area contributed by atoms with Crippen LogP contribution in [0.1, 0.15) is 5.56 Å². The summed E-state index contributed by atoms with van der Waals surface area (Å²) in [4.78, 5) is 8.16. The second-order valence-corrected chi connectivity index (χ2v) is 3.66. The lowest BCUT2D eigenvalue weighted by molar-refractivity contribution is -0.274. The zero-order chi connectivity index (χ0) is 13.2. The maximum atomic E-state index is 12.0. The Labute approximate surface area is 101 Å². The second kappa shape index (κ2) is 4.64. The Morgan fingerprint density at radius 2 is 1.56 bits per heavy atom. The molecule has 2 aromatic rings. The first-order chi connectivity index (χ1) is 8.44. The molecule has 0 unspecified atom stereocenters. The number of nitrogens with zero attached hydrogens (tertiary/aromatic N) is 2. The molecular formula is C12H9F3N2O. The van der Waals surface area contributed by atoms with E-state index in [4.69, 9.17) is 0 Å². The highest BCUT2D eigenvalue weighted by Gasteiger charge is 2.30. The van der Waals surface area contributed by atoms with Crippen LogP contribution in [-0.2, 0) is 0 Å². The Balaban J connectivity index is 2.20. The largest absolute Gasteiger partial charge is 0.573 e. The number of halogens is 3. The molecule has 0 aliphatic rings. The minimum atomic E-state index is -4.68. The summed E-state index contributed by atoms with van der Waals surface area (Å²) in [7, 11) is 0. The van der Waals surface area contributed by atoms with E-state index < -0.39 is 6.36 Å². The van der Waals surface area contributed by atoms with Crippen LogP contribution in [0.3, 0.4) is 0 Å². The molecular weight excluding hydrogens is 245 g/mol. The third kappa shape index (κ3) is 3.19. The van der Waals surface area contributed by atoms with Crippen LogP contribution in [0, 0.1) is 6.92 Å². The van der Waals surface area contributed by atoms with Gasteiger partial charge < -0.3 is 4.74 Å². The van der Waals surface area contributed by atoms with E-state index in [1.54, 1.807) is 12.4 Å². The molecule has 1 heterocycles. The summed E-state index contributed by atoms with van der Waals surface area (Å²) in [6, 6.07) is 5.41. The summed E-state index contributed by atoms with van der Waals surface area (Å²) in [5, 5.41) is 0. The number of hydrogen-bond donors (Lipinski definition) is 0. The maximum absolute atomic E-state index is 12.0. The smallest absolute Gasteiger partial charge is 0.406 e. The summed E-state index contributed by atoms with van der Waals surface area (Å²) in [5.41, 5.74) is 1.54. The van der Waals surface area contributed by atoms with Gasteiger partial charge in [-0.1, -0.05) is 0 Å². The van der Waals surface area contributed by atoms with Crippen molar-refractivity contribution in [2.75, 3.05) is 0 Å². The van der Waals surface area contributed by atoms with E-state index in [1.165, 1.54) is 24.3 Å². The van der Waals surface area contributed by atoms with Gasteiger partial charge in [-0.3, -0.25) is 0 Å². The highest BCUT2D eigenvalue weighted by molar-refractivity contribution is 5.55. The molecule has 1 aromatic heterocycles. The van der Waals surface area contributed by atoms with Gasteiger partial charge in [0.15, 0.2) is 5.82 Å². The number of benzene rings is 1. The Hall–Kier alpha value is -2.11. The van der Waals surface area contributed by atoms with E-state index in [9.17, 15) is 13.2 Å². The van der Waals surface area contributed by atoms with Crippen molar-refractivity contribution in [3.8, 4) is 17.1 Å². The molecule has 6 heteroatoms. The zero-order valence-electron chi connectivity index (χ0n) is 9.40. The minimum absolute atomic E-state index is 0.265. The summed E-state index contributed by atoms with van der Waals surface area (Å²) < 4.78 is 39.7. The summed E-state index contributed by atoms with van der Waals surface area (Å²) in [6.45, 7) is 1.85. The molecule has 0 saturated carbocycles. The van der Waals surface area contributed by atoms with Gasteiger partial charge in [0.05, 0.1) is 0 Å². The Bertz CT molecular complexity index is 521. The van der Waals surface area contributed by atoms with Gasteiger partial charge in [-0.05, 0) is 36.8 Å². The topological polar surface area (TPSA) is 35.0 Å². The summed E-state index contributed by atoms with van der Waals surface area (Å²) >= 11 is 0. The fraction of sp³-hybridized carbons (Fsp3) is 0.167. The van der Waals surface area contributed by atoms with Crippen molar-refractivity contribution in [1.29, 1.82) is 0 Å². The van der Waals surface area contributed by atoms with Crippen LogP contribution in [-0.4, -0.2) is 16.3 Å². The summed E-state index contributed by atoms with van der Waals surface area (Å²) in [5.74, 6) is 0.192. The quantitative estimate of drug-likeness (QED) is 0.824. The molecule has 1 aromatic carbocycles. The van der Waals surface area contributed by atoms with Crippen LogP contribution in [0.5, 0.6) is 5.75 Å². The van der Waals surface area contributed by atoms with E-state index in [2.05, 4.69) is 14.7 Å². The molecule has 18 heavy (non-hydrogen) atoms. The first-order valence-corrected chi connectivity index (χ1v) is 5.09. The number of alkyl halides is 3. The molecule has 0 atom stereocenters. The molecule has 0 N–H and O–H groups in total. The third-order valence-electron chi connectivity index (χ3n) is 2.13. The Morgan fingerprint density at radius 3 is 2.06 bits per heavy atom. The van der Waals surface area contributed by atoms with Crippen molar-refractivity contribution < 1.29 is 17.9 Å². The van der Waals surface area contributed by atoms with Crippen LogP contribution < -0.4 is 4.74 Å². The predicted octanol–water partition coefficient (Wildman–Crippen LogP) is 3.35. The standard InChI is InChI=1S/C12H9F3N2O/c1-8-6-16-11(17-7-8)9-2-4-10(5-3-9)18-12(13,14)15/h2-7H,1H3.